The Kier molecular flexibility index (Phi) is 13.5. The van der Waals surface area contributed by atoms with Gasteiger partial charge in [-0.3, -0.25) is 14.4 Å². The summed E-state index contributed by atoms with van der Waals surface area (Å²) in [5.41, 5.74) is 1.65. The number of urea groups is 1. The number of carbonyl (C=O) groups is 4. The van der Waals surface area contributed by atoms with Crippen molar-refractivity contribution in [2.45, 2.75) is 72.6 Å². The average Bonchev–Trinajstić information content (AvgIpc) is 2.94. The molecule has 0 saturated carbocycles. The second kappa shape index (κ2) is 16.8. The lowest BCUT2D eigenvalue weighted by molar-refractivity contribution is -0.140. The molecule has 0 aliphatic heterocycles. The van der Waals surface area contributed by atoms with Crippen molar-refractivity contribution < 1.29 is 28.7 Å². The van der Waals surface area contributed by atoms with Crippen molar-refractivity contribution in [1.29, 1.82) is 0 Å². The molecule has 0 spiro atoms. The van der Waals surface area contributed by atoms with Gasteiger partial charge in [0, 0.05) is 13.1 Å². The van der Waals surface area contributed by atoms with Crippen LogP contribution in [0.5, 0.6) is 11.5 Å². The highest BCUT2D eigenvalue weighted by molar-refractivity contribution is 6.38. The van der Waals surface area contributed by atoms with Crippen molar-refractivity contribution in [1.82, 2.24) is 21.3 Å². The Morgan fingerprint density at radius 2 is 1.40 bits per heavy atom. The molecule has 2 aromatic carbocycles. The Morgan fingerprint density at radius 1 is 0.750 bits per heavy atom. The molecule has 1 unspecified atom stereocenters. The molecule has 0 radical (unpaired) electrons. The van der Waals surface area contributed by atoms with Gasteiger partial charge in [0.05, 0.1) is 19.3 Å². The largest absolute Gasteiger partial charge is 0.490 e. The molecule has 0 aromatic heterocycles. The first-order valence-corrected chi connectivity index (χ1v) is 13.8. The minimum atomic E-state index is -1.03. The number of rotatable bonds is 16. The molecule has 0 aliphatic carbocycles. The van der Waals surface area contributed by atoms with Crippen LogP contribution in [0.2, 0.25) is 0 Å². The van der Waals surface area contributed by atoms with E-state index in [9.17, 15) is 19.2 Å². The molecule has 0 saturated heterocycles. The third-order valence-electron chi connectivity index (χ3n) is 5.95. The number of amides is 4. The van der Waals surface area contributed by atoms with E-state index in [4.69, 9.17) is 9.47 Å². The summed E-state index contributed by atoms with van der Waals surface area (Å²) >= 11 is 0. The topological polar surface area (TPSA) is 135 Å². The van der Waals surface area contributed by atoms with E-state index in [1.807, 2.05) is 58.0 Å². The van der Waals surface area contributed by atoms with Gasteiger partial charge in [0.15, 0.2) is 11.5 Å². The summed E-state index contributed by atoms with van der Waals surface area (Å²) in [6.45, 7) is 10.6. The van der Waals surface area contributed by atoms with Crippen LogP contribution in [0.15, 0.2) is 48.5 Å². The van der Waals surface area contributed by atoms with Crippen LogP contribution in [-0.2, 0) is 27.5 Å². The number of ketones is 1. The molecule has 2 rings (SSSR count). The molecule has 40 heavy (non-hydrogen) atoms. The van der Waals surface area contributed by atoms with E-state index in [0.717, 1.165) is 11.1 Å². The predicted octanol–water partition coefficient (Wildman–Crippen LogP) is 3.48. The van der Waals surface area contributed by atoms with Crippen molar-refractivity contribution in [3.8, 4) is 11.5 Å². The Hall–Kier alpha value is -4.08. The van der Waals surface area contributed by atoms with Crippen LogP contribution in [0, 0.1) is 5.92 Å². The minimum absolute atomic E-state index is 0.0972. The fraction of sp³-hybridized carbons (Fsp3) is 0.467. The smallest absolute Gasteiger partial charge is 0.315 e. The van der Waals surface area contributed by atoms with Gasteiger partial charge in [-0.1, -0.05) is 57.2 Å². The fourth-order valence-corrected chi connectivity index (χ4v) is 3.95. The normalized spacial score (nSPS) is 12.2. The van der Waals surface area contributed by atoms with Crippen LogP contribution in [0.25, 0.3) is 0 Å². The molecule has 10 nitrogen and oxygen atoms in total. The maximum Gasteiger partial charge on any atom is 0.315 e. The van der Waals surface area contributed by atoms with E-state index < -0.39 is 35.7 Å². The summed E-state index contributed by atoms with van der Waals surface area (Å²) in [5, 5.41) is 10.7. The SMILES string of the molecule is CCOc1ccc(CNC(=O)C(=O)C(CC)NC(=O)[C@H](CC(C)C)NC(=O)NCc2ccccc2)cc1OCC. The molecule has 0 aliphatic rings. The second-order valence-corrected chi connectivity index (χ2v) is 9.66. The van der Waals surface area contributed by atoms with Crippen LogP contribution in [0.3, 0.4) is 0 Å². The monoisotopic (exact) mass is 554 g/mol. The number of benzene rings is 2. The second-order valence-electron chi connectivity index (χ2n) is 9.66. The van der Waals surface area contributed by atoms with Gasteiger partial charge in [-0.15, -0.1) is 0 Å². The number of hydrogen-bond donors (Lipinski definition) is 4. The van der Waals surface area contributed by atoms with Gasteiger partial charge in [-0.05, 0) is 55.9 Å². The Bertz CT molecular complexity index is 1120. The number of hydrogen-bond acceptors (Lipinski definition) is 6. The summed E-state index contributed by atoms with van der Waals surface area (Å²) in [6.07, 6.45) is 0.575. The zero-order valence-corrected chi connectivity index (χ0v) is 24.0. The minimum Gasteiger partial charge on any atom is -0.490 e. The summed E-state index contributed by atoms with van der Waals surface area (Å²) in [5.74, 6) is -0.846. The molecule has 0 heterocycles. The molecule has 2 atom stereocenters. The zero-order valence-electron chi connectivity index (χ0n) is 24.0. The van der Waals surface area contributed by atoms with Crippen LogP contribution in [0.1, 0.15) is 58.6 Å². The molecule has 4 N–H and O–H groups in total. The Balaban J connectivity index is 1.97. The van der Waals surface area contributed by atoms with E-state index in [2.05, 4.69) is 21.3 Å². The summed E-state index contributed by atoms with van der Waals surface area (Å²) in [4.78, 5) is 51.2. The van der Waals surface area contributed by atoms with E-state index in [1.165, 1.54) is 0 Å². The van der Waals surface area contributed by atoms with Crippen molar-refractivity contribution >= 4 is 23.6 Å². The lowest BCUT2D eigenvalue weighted by Crippen LogP contribution is -2.55. The van der Waals surface area contributed by atoms with Crippen molar-refractivity contribution in [3.05, 3.63) is 59.7 Å². The third-order valence-corrected chi connectivity index (χ3v) is 5.95. The highest BCUT2D eigenvalue weighted by Gasteiger charge is 2.29. The first-order chi connectivity index (χ1) is 19.2. The molecular formula is C30H42N4O6. The molecule has 10 heteroatoms. The van der Waals surface area contributed by atoms with Gasteiger partial charge in [-0.2, -0.15) is 0 Å². The fourth-order valence-electron chi connectivity index (χ4n) is 3.95. The van der Waals surface area contributed by atoms with Gasteiger partial charge in [0.1, 0.15) is 6.04 Å². The summed E-state index contributed by atoms with van der Waals surface area (Å²) in [6, 6.07) is 12.3. The van der Waals surface area contributed by atoms with Crippen molar-refractivity contribution in [3.63, 3.8) is 0 Å². The Morgan fingerprint density at radius 3 is 2.02 bits per heavy atom. The number of ether oxygens (including phenoxy) is 2. The van der Waals surface area contributed by atoms with Crippen LogP contribution >= 0.6 is 0 Å². The van der Waals surface area contributed by atoms with Gasteiger partial charge in [-0.25, -0.2) is 4.79 Å². The quantitative estimate of drug-likeness (QED) is 0.235. The maximum absolute atomic E-state index is 13.1. The van der Waals surface area contributed by atoms with Crippen LogP contribution in [0.4, 0.5) is 4.79 Å². The lowest BCUT2D eigenvalue weighted by Gasteiger charge is -2.23. The van der Waals surface area contributed by atoms with Gasteiger partial charge in [0.25, 0.3) is 5.91 Å². The number of nitrogens with one attached hydrogen (secondary N) is 4. The molecular weight excluding hydrogens is 512 g/mol. The predicted molar refractivity (Wildman–Crippen MR) is 153 cm³/mol. The summed E-state index contributed by atoms with van der Waals surface area (Å²) in [7, 11) is 0. The Labute approximate surface area is 236 Å². The molecule has 4 amide bonds. The van der Waals surface area contributed by atoms with Crippen LogP contribution in [-0.4, -0.2) is 48.9 Å². The van der Waals surface area contributed by atoms with Crippen LogP contribution < -0.4 is 30.7 Å². The highest BCUT2D eigenvalue weighted by Crippen LogP contribution is 2.28. The van der Waals surface area contributed by atoms with E-state index in [-0.39, 0.29) is 18.9 Å². The molecule has 2 aromatic rings. The van der Waals surface area contributed by atoms with E-state index in [0.29, 0.717) is 37.7 Å². The van der Waals surface area contributed by atoms with E-state index in [1.54, 1.807) is 25.1 Å². The molecule has 0 fully saturated rings. The maximum atomic E-state index is 13.1. The van der Waals surface area contributed by atoms with Gasteiger partial charge >= 0.3 is 6.03 Å². The number of carbonyl (C=O) groups excluding carboxylic acids is 4. The van der Waals surface area contributed by atoms with Gasteiger partial charge < -0.3 is 30.7 Å². The standard InChI is InChI=1S/C30H42N4O6/c1-6-23(27(35)29(37)31-19-22-14-15-25(39-7-2)26(17-22)40-8-3)33-28(36)24(16-20(4)5)34-30(38)32-18-21-12-10-9-11-13-21/h9-15,17,20,23-24H,6-8,16,18-19H2,1-5H3,(H,31,37)(H,33,36)(H2,32,34,38)/t23?,24-/m0/s1. The number of Topliss-reactive ketones (excluding diaryl/α,β-unsaturated/α-hetero) is 1. The van der Waals surface area contributed by atoms with Crippen molar-refractivity contribution in [2.75, 3.05) is 13.2 Å². The molecule has 218 valence electrons. The highest BCUT2D eigenvalue weighted by atomic mass is 16.5. The van der Waals surface area contributed by atoms with Crippen molar-refractivity contribution in [2.24, 2.45) is 5.92 Å². The zero-order chi connectivity index (χ0) is 29.5. The first kappa shape index (κ1) is 32.1. The third kappa shape index (κ3) is 10.6. The van der Waals surface area contributed by atoms with Gasteiger partial charge in [0.2, 0.25) is 11.7 Å². The lowest BCUT2D eigenvalue weighted by atomic mass is 10.0. The first-order valence-electron chi connectivity index (χ1n) is 13.8. The molecule has 0 bridgehead atoms. The average molecular weight is 555 g/mol. The van der Waals surface area contributed by atoms with E-state index >= 15 is 0 Å². The summed E-state index contributed by atoms with van der Waals surface area (Å²) < 4.78 is 11.2.